The van der Waals surface area contributed by atoms with Gasteiger partial charge in [-0.05, 0) is 36.4 Å². The molecule has 3 rings (SSSR count). The molecule has 23 heavy (non-hydrogen) atoms. The molecule has 0 aliphatic heterocycles. The number of fused-ring (bicyclic) bond motifs is 1. The average Bonchev–Trinajstić information content (AvgIpc) is 2.96. The van der Waals surface area contributed by atoms with Gasteiger partial charge in [0, 0.05) is 10.6 Å². The largest absolute Gasteiger partial charge is 0.288 e. The van der Waals surface area contributed by atoms with Gasteiger partial charge in [0.25, 0.3) is 15.8 Å². The number of hydrogen-bond acceptors (Lipinski definition) is 6. The van der Waals surface area contributed by atoms with Gasteiger partial charge < -0.3 is 0 Å². The first-order chi connectivity index (χ1) is 11.0. The van der Waals surface area contributed by atoms with Gasteiger partial charge in [-0.15, -0.1) is 0 Å². The van der Waals surface area contributed by atoms with Crippen LogP contribution in [-0.2, 0) is 10.0 Å². The number of sulfonamides is 1. The van der Waals surface area contributed by atoms with E-state index >= 15 is 0 Å². The van der Waals surface area contributed by atoms with Crippen molar-refractivity contribution in [2.24, 2.45) is 0 Å². The summed E-state index contributed by atoms with van der Waals surface area (Å²) >= 11 is 1.33. The van der Waals surface area contributed by atoms with Crippen LogP contribution in [-0.4, -0.2) is 22.9 Å². The lowest BCUT2D eigenvalue weighted by molar-refractivity contribution is 0.252. The number of alkyl halides is 2. The van der Waals surface area contributed by atoms with Crippen LogP contribution in [0.15, 0.2) is 52.3 Å². The van der Waals surface area contributed by atoms with Crippen molar-refractivity contribution in [3.05, 3.63) is 42.5 Å². The highest BCUT2D eigenvalue weighted by molar-refractivity contribution is 7.99. The van der Waals surface area contributed by atoms with Crippen LogP contribution in [0.2, 0.25) is 0 Å². The van der Waals surface area contributed by atoms with E-state index in [0.717, 1.165) is 11.7 Å². The van der Waals surface area contributed by atoms with Gasteiger partial charge in [0.15, 0.2) is 0 Å². The normalized spacial score (nSPS) is 12.0. The molecule has 0 unspecified atom stereocenters. The zero-order chi connectivity index (χ0) is 16.4. The molecule has 0 aliphatic rings. The van der Waals surface area contributed by atoms with Crippen molar-refractivity contribution in [2.75, 3.05) is 4.72 Å². The average molecular weight is 373 g/mol. The Morgan fingerprint density at radius 3 is 2.52 bits per heavy atom. The highest BCUT2D eigenvalue weighted by atomic mass is 32.2. The Morgan fingerprint density at radius 1 is 1.09 bits per heavy atom. The fourth-order valence-corrected chi connectivity index (χ4v) is 4.24. The van der Waals surface area contributed by atoms with Gasteiger partial charge in [-0.1, -0.05) is 17.8 Å². The maximum absolute atomic E-state index is 12.5. The number of benzene rings is 2. The molecule has 0 radical (unpaired) electrons. The number of nitrogens with zero attached hydrogens (tertiary/aromatic N) is 2. The quantitative estimate of drug-likeness (QED) is 0.689. The summed E-state index contributed by atoms with van der Waals surface area (Å²) in [4.78, 5) is 0.378. The van der Waals surface area contributed by atoms with Crippen molar-refractivity contribution in [3.8, 4) is 0 Å². The fraction of sp³-hybridized carbons (Fsp3) is 0.0769. The van der Waals surface area contributed by atoms with Crippen molar-refractivity contribution in [3.63, 3.8) is 0 Å². The van der Waals surface area contributed by atoms with Crippen LogP contribution in [0.25, 0.3) is 11.0 Å². The molecule has 10 heteroatoms. The smallest absolute Gasteiger partial charge is 0.280 e. The minimum atomic E-state index is -3.85. The van der Waals surface area contributed by atoms with E-state index in [-0.39, 0.29) is 10.6 Å². The van der Waals surface area contributed by atoms with Crippen molar-refractivity contribution in [1.29, 1.82) is 0 Å². The third-order valence-electron chi connectivity index (χ3n) is 2.87. The molecule has 120 valence electrons. The topological polar surface area (TPSA) is 72.0 Å². The summed E-state index contributed by atoms with van der Waals surface area (Å²) in [5.74, 6) is -2.52. The molecule has 1 N–H and O–H groups in total. The Bertz CT molecular complexity index is 927. The lowest BCUT2D eigenvalue weighted by Crippen LogP contribution is -2.13. The van der Waals surface area contributed by atoms with Gasteiger partial charge >= 0.3 is 0 Å². The first-order valence-electron chi connectivity index (χ1n) is 6.25. The standard InChI is InChI=1S/C13H9F2N3O2S3/c14-13(15)21-9-6-4-8(5-7-9)18-23(19,20)11-3-1-2-10-12(11)17-22-16-10/h1-7,13,18H. The third kappa shape index (κ3) is 3.59. The van der Waals surface area contributed by atoms with Crippen LogP contribution >= 0.6 is 23.5 Å². The van der Waals surface area contributed by atoms with Gasteiger partial charge in [-0.2, -0.15) is 17.5 Å². The second kappa shape index (κ2) is 6.38. The number of thioether (sulfide) groups is 1. The SMILES string of the molecule is O=S(=O)(Nc1ccc(SC(F)F)cc1)c1cccc2nsnc12. The molecule has 0 spiro atoms. The van der Waals surface area contributed by atoms with Gasteiger partial charge in [0.1, 0.15) is 15.9 Å². The molecule has 2 aromatic carbocycles. The number of nitrogens with one attached hydrogen (secondary N) is 1. The van der Waals surface area contributed by atoms with E-state index in [1.54, 1.807) is 12.1 Å². The van der Waals surface area contributed by atoms with Crippen LogP contribution in [0.1, 0.15) is 0 Å². The van der Waals surface area contributed by atoms with E-state index in [4.69, 9.17) is 0 Å². The van der Waals surface area contributed by atoms with Crippen LogP contribution in [0.4, 0.5) is 14.5 Å². The summed E-state index contributed by atoms with van der Waals surface area (Å²) in [5.41, 5.74) is 1.08. The van der Waals surface area contributed by atoms with Crippen LogP contribution in [0, 0.1) is 0 Å². The van der Waals surface area contributed by atoms with Gasteiger partial charge in [0.05, 0.1) is 11.7 Å². The van der Waals surface area contributed by atoms with E-state index in [1.165, 1.54) is 30.3 Å². The molecule has 1 heterocycles. The number of rotatable bonds is 5. The van der Waals surface area contributed by atoms with Crippen LogP contribution < -0.4 is 4.72 Å². The second-order valence-corrected chi connectivity index (χ2v) is 7.64. The summed E-state index contributed by atoms with van der Waals surface area (Å²) in [6, 6.07) is 10.4. The zero-order valence-corrected chi connectivity index (χ0v) is 13.8. The van der Waals surface area contributed by atoms with Gasteiger partial charge in [0.2, 0.25) is 0 Å². The maximum atomic E-state index is 12.5. The molecule has 0 saturated heterocycles. The van der Waals surface area contributed by atoms with E-state index in [9.17, 15) is 17.2 Å². The molecule has 0 atom stereocenters. The summed E-state index contributed by atoms with van der Waals surface area (Å²) in [6.45, 7) is 0. The highest BCUT2D eigenvalue weighted by Gasteiger charge is 2.19. The Kier molecular flexibility index (Phi) is 4.46. The van der Waals surface area contributed by atoms with Crippen molar-refractivity contribution < 1.29 is 17.2 Å². The minimum Gasteiger partial charge on any atom is -0.280 e. The van der Waals surface area contributed by atoms with Crippen LogP contribution in [0.3, 0.4) is 0 Å². The second-order valence-electron chi connectivity index (χ2n) is 4.40. The third-order valence-corrected chi connectivity index (χ3v) is 5.55. The zero-order valence-electron chi connectivity index (χ0n) is 11.3. The van der Waals surface area contributed by atoms with Crippen molar-refractivity contribution >= 4 is 50.2 Å². The lowest BCUT2D eigenvalue weighted by Gasteiger charge is -2.09. The number of aromatic nitrogens is 2. The Balaban J connectivity index is 1.88. The first kappa shape index (κ1) is 16.1. The van der Waals surface area contributed by atoms with Crippen LogP contribution in [0.5, 0.6) is 0 Å². The number of hydrogen-bond donors (Lipinski definition) is 1. The molecule has 3 aromatic rings. The summed E-state index contributed by atoms with van der Waals surface area (Å²) in [6.07, 6.45) is 0. The molecule has 0 bridgehead atoms. The molecule has 0 amide bonds. The lowest BCUT2D eigenvalue weighted by atomic mass is 10.3. The van der Waals surface area contributed by atoms with Gasteiger partial charge in [-0.3, -0.25) is 4.72 Å². The summed E-state index contributed by atoms with van der Waals surface area (Å²) in [5, 5.41) is 0. The fourth-order valence-electron chi connectivity index (χ4n) is 1.91. The Hall–Kier alpha value is -1.78. The molecule has 5 nitrogen and oxygen atoms in total. The molecular weight excluding hydrogens is 364 g/mol. The van der Waals surface area contributed by atoms with E-state index in [2.05, 4.69) is 13.5 Å². The summed E-state index contributed by atoms with van der Waals surface area (Å²) < 4.78 is 59.9. The minimum absolute atomic E-state index is 0.0229. The Morgan fingerprint density at radius 2 is 1.83 bits per heavy atom. The van der Waals surface area contributed by atoms with Gasteiger partial charge in [-0.25, -0.2) is 8.42 Å². The van der Waals surface area contributed by atoms with E-state index in [1.807, 2.05) is 0 Å². The predicted octanol–water partition coefficient (Wildman–Crippen LogP) is 3.81. The van der Waals surface area contributed by atoms with Crippen molar-refractivity contribution in [1.82, 2.24) is 8.75 Å². The monoisotopic (exact) mass is 373 g/mol. The number of anilines is 1. The molecule has 0 fully saturated rings. The summed E-state index contributed by atoms with van der Waals surface area (Å²) in [7, 11) is -3.85. The van der Waals surface area contributed by atoms with E-state index in [0.29, 0.717) is 27.7 Å². The van der Waals surface area contributed by atoms with E-state index < -0.39 is 15.8 Å². The molecule has 0 aliphatic carbocycles. The predicted molar refractivity (Wildman–Crippen MR) is 86.5 cm³/mol. The maximum Gasteiger partial charge on any atom is 0.288 e. The Labute approximate surface area is 139 Å². The molecule has 1 aromatic heterocycles. The molecular formula is C13H9F2N3O2S3. The first-order valence-corrected chi connectivity index (χ1v) is 9.34. The molecule has 0 saturated carbocycles. The highest BCUT2D eigenvalue weighted by Crippen LogP contribution is 2.28. The van der Waals surface area contributed by atoms with Crippen molar-refractivity contribution in [2.45, 2.75) is 15.5 Å². The number of halogens is 2.